The summed E-state index contributed by atoms with van der Waals surface area (Å²) in [6, 6.07) is 6.20. The molecule has 0 spiro atoms. The summed E-state index contributed by atoms with van der Waals surface area (Å²) < 4.78 is 23.9. The number of hydrogen-bond acceptors (Lipinski definition) is 7. The molecule has 3 fully saturated rings. The molecule has 256 valence electrons. The van der Waals surface area contributed by atoms with Crippen molar-refractivity contribution in [3.8, 4) is 6.01 Å². The van der Waals surface area contributed by atoms with Crippen molar-refractivity contribution in [3.63, 3.8) is 0 Å². The number of benzene rings is 1. The summed E-state index contributed by atoms with van der Waals surface area (Å²) in [5.74, 6) is 0.250. The number of aliphatic imine (C=N–C) groups is 1. The van der Waals surface area contributed by atoms with Crippen LogP contribution < -0.4 is 15.0 Å². The molecular formula is C39H51FN6O2. The predicted octanol–water partition coefficient (Wildman–Crippen LogP) is 7.50. The van der Waals surface area contributed by atoms with Gasteiger partial charge < -0.3 is 15.0 Å². The smallest absolute Gasteiger partial charge is 0.319 e. The topological polar surface area (TPSA) is 83.0 Å². The molecule has 4 aliphatic rings. The summed E-state index contributed by atoms with van der Waals surface area (Å²) in [7, 11) is 1.68. The van der Waals surface area contributed by atoms with Crippen LogP contribution >= 0.6 is 0 Å². The van der Waals surface area contributed by atoms with Crippen molar-refractivity contribution in [1.29, 1.82) is 0 Å². The van der Waals surface area contributed by atoms with Crippen LogP contribution in [0.3, 0.4) is 0 Å². The number of carbonyl (C=O) groups is 1. The van der Waals surface area contributed by atoms with Gasteiger partial charge in [0.15, 0.2) is 5.83 Å². The van der Waals surface area contributed by atoms with Crippen LogP contribution in [0.1, 0.15) is 106 Å². The van der Waals surface area contributed by atoms with Gasteiger partial charge in [-0.05, 0) is 88.4 Å². The number of ether oxygens (including phenoxy) is 1. The largest absolute Gasteiger partial charge is 0.461 e. The van der Waals surface area contributed by atoms with Crippen LogP contribution in [0.15, 0.2) is 41.4 Å². The van der Waals surface area contributed by atoms with Crippen molar-refractivity contribution in [1.82, 2.24) is 20.2 Å². The molecule has 1 N–H and O–H groups in total. The number of hydrogen-bond donors (Lipinski definition) is 1. The SMILES string of the molecule is CC=N/C(=C(/F)c1nc(OCC23CCCN2CCC3)nc(N2CCCC(C)(CC(=O)NC)C2)c1C)c1cccc2c1C(C)/C=C/CC=C2. The van der Waals surface area contributed by atoms with Crippen molar-refractivity contribution in [3.05, 3.63) is 64.4 Å². The molecule has 1 aliphatic carbocycles. The van der Waals surface area contributed by atoms with Gasteiger partial charge in [0.1, 0.15) is 23.8 Å². The zero-order chi connectivity index (χ0) is 33.9. The van der Waals surface area contributed by atoms with Crippen LogP contribution in [0.2, 0.25) is 0 Å². The number of halogens is 1. The van der Waals surface area contributed by atoms with E-state index in [0.29, 0.717) is 31.0 Å². The van der Waals surface area contributed by atoms with Gasteiger partial charge in [0.05, 0.1) is 5.54 Å². The molecule has 9 heteroatoms. The molecule has 0 bridgehead atoms. The van der Waals surface area contributed by atoms with E-state index in [1.165, 1.54) is 0 Å². The highest BCUT2D eigenvalue weighted by atomic mass is 19.1. The van der Waals surface area contributed by atoms with E-state index in [-0.39, 0.29) is 40.2 Å². The van der Waals surface area contributed by atoms with Crippen LogP contribution in [0.5, 0.6) is 6.01 Å². The predicted molar refractivity (Wildman–Crippen MR) is 193 cm³/mol. The van der Waals surface area contributed by atoms with E-state index in [1.807, 2.05) is 26.0 Å². The Morgan fingerprint density at radius 1 is 1.15 bits per heavy atom. The van der Waals surface area contributed by atoms with Gasteiger partial charge in [-0.15, -0.1) is 0 Å². The third-order valence-electron chi connectivity index (χ3n) is 10.8. The van der Waals surface area contributed by atoms with Crippen LogP contribution in [0.4, 0.5) is 10.2 Å². The second-order valence-corrected chi connectivity index (χ2v) is 14.4. The molecule has 6 rings (SSSR count). The molecule has 1 amide bonds. The number of carbonyl (C=O) groups excluding carboxylic acids is 1. The molecule has 2 atom stereocenters. The van der Waals surface area contributed by atoms with Crippen LogP contribution in [0.25, 0.3) is 17.6 Å². The molecule has 3 saturated heterocycles. The first-order valence-electron chi connectivity index (χ1n) is 17.7. The molecule has 0 saturated carbocycles. The summed E-state index contributed by atoms with van der Waals surface area (Å²) in [6.45, 7) is 12.0. The van der Waals surface area contributed by atoms with Gasteiger partial charge in [-0.2, -0.15) is 9.97 Å². The fraction of sp³-hybridized carbons (Fsp3) is 0.538. The number of aromatic nitrogens is 2. The monoisotopic (exact) mass is 654 g/mol. The van der Waals surface area contributed by atoms with E-state index in [0.717, 1.165) is 81.3 Å². The zero-order valence-electron chi connectivity index (χ0n) is 29.3. The van der Waals surface area contributed by atoms with Crippen LogP contribution in [-0.2, 0) is 4.79 Å². The first-order valence-corrected chi connectivity index (χ1v) is 17.7. The molecular weight excluding hydrogens is 603 g/mol. The highest BCUT2D eigenvalue weighted by molar-refractivity contribution is 5.92. The standard InChI is InChI=1S/C39H51FN6O2/c1-6-42-35(30-17-10-16-29-15-9-7-8-14-27(2)32(29)30)33(40)34-28(3)36(45-21-11-18-38(4,25-45)24-31(47)41-5)44-37(43-34)48-26-39-19-12-22-46(39)23-13-20-39/h6,8-10,14-17,27H,7,11-13,18-26H2,1-5H3,(H,41,47)/b14-8+,15-9?,35-33+,42-6?. The van der Waals surface area contributed by atoms with Gasteiger partial charge in [-0.3, -0.25) is 14.7 Å². The number of nitrogens with zero attached hydrogens (tertiary/aromatic N) is 5. The number of piperidine rings is 1. The molecule has 48 heavy (non-hydrogen) atoms. The first-order chi connectivity index (χ1) is 23.2. The number of allylic oxidation sites excluding steroid dienone is 3. The van der Waals surface area contributed by atoms with Gasteiger partial charge in [0.2, 0.25) is 5.91 Å². The number of anilines is 1. The lowest BCUT2D eigenvalue weighted by Crippen LogP contribution is -2.45. The van der Waals surface area contributed by atoms with Gasteiger partial charge >= 0.3 is 6.01 Å². The summed E-state index contributed by atoms with van der Waals surface area (Å²) in [5, 5.41) is 2.79. The van der Waals surface area contributed by atoms with Crippen molar-refractivity contribution in [2.24, 2.45) is 10.4 Å². The van der Waals surface area contributed by atoms with Crippen molar-refractivity contribution in [2.45, 2.75) is 90.5 Å². The Balaban J connectivity index is 1.46. The Hall–Kier alpha value is -3.85. The second-order valence-electron chi connectivity index (χ2n) is 14.4. The van der Waals surface area contributed by atoms with Crippen molar-refractivity contribution >= 4 is 35.5 Å². The molecule has 2 unspecified atom stereocenters. The summed E-state index contributed by atoms with van der Waals surface area (Å²) in [4.78, 5) is 31.7. The molecule has 4 heterocycles. The number of amides is 1. The van der Waals surface area contributed by atoms with Gasteiger partial charge in [0, 0.05) is 49.8 Å². The van der Waals surface area contributed by atoms with E-state index in [1.54, 1.807) is 13.3 Å². The minimum absolute atomic E-state index is 0.00463. The first kappa shape index (κ1) is 34.0. The third-order valence-corrected chi connectivity index (χ3v) is 10.8. The fourth-order valence-corrected chi connectivity index (χ4v) is 8.43. The van der Waals surface area contributed by atoms with E-state index in [4.69, 9.17) is 14.7 Å². The zero-order valence-corrected chi connectivity index (χ0v) is 29.3. The summed E-state index contributed by atoms with van der Waals surface area (Å²) in [6.07, 6.45) is 17.8. The third kappa shape index (κ3) is 6.84. The van der Waals surface area contributed by atoms with Crippen LogP contribution in [0, 0.1) is 12.3 Å². The lowest BCUT2D eigenvalue weighted by Gasteiger charge is -2.41. The number of fused-ring (bicyclic) bond motifs is 2. The average molecular weight is 655 g/mol. The molecule has 2 aromatic rings. The minimum atomic E-state index is -0.499. The molecule has 0 radical (unpaired) electrons. The van der Waals surface area contributed by atoms with E-state index < -0.39 is 5.83 Å². The Morgan fingerprint density at radius 2 is 1.92 bits per heavy atom. The van der Waals surface area contributed by atoms with Crippen molar-refractivity contribution in [2.75, 3.05) is 44.7 Å². The maximum atomic E-state index is 17.4. The molecule has 8 nitrogen and oxygen atoms in total. The number of rotatable bonds is 9. The fourth-order valence-electron chi connectivity index (χ4n) is 8.43. The van der Waals surface area contributed by atoms with Gasteiger partial charge in [-0.25, -0.2) is 4.39 Å². The summed E-state index contributed by atoms with van der Waals surface area (Å²) >= 11 is 0. The maximum absolute atomic E-state index is 17.4. The quantitative estimate of drug-likeness (QED) is 0.223. The number of nitrogens with one attached hydrogen (secondary N) is 1. The molecule has 1 aromatic carbocycles. The van der Waals surface area contributed by atoms with Gasteiger partial charge in [-0.1, -0.05) is 56.4 Å². The summed E-state index contributed by atoms with van der Waals surface area (Å²) in [5.41, 5.74) is 3.68. The Bertz CT molecular complexity index is 1640. The highest BCUT2D eigenvalue weighted by Gasteiger charge is 2.45. The molecule has 1 aromatic heterocycles. The maximum Gasteiger partial charge on any atom is 0.319 e. The van der Waals surface area contributed by atoms with E-state index >= 15 is 4.39 Å². The Kier molecular flexibility index (Phi) is 10.2. The van der Waals surface area contributed by atoms with E-state index in [9.17, 15) is 4.79 Å². The lowest BCUT2D eigenvalue weighted by atomic mass is 9.78. The highest BCUT2D eigenvalue weighted by Crippen LogP contribution is 2.42. The average Bonchev–Trinajstić information content (AvgIpc) is 3.65. The second kappa shape index (κ2) is 14.3. The normalized spacial score (nSPS) is 24.9. The van der Waals surface area contributed by atoms with Crippen molar-refractivity contribution < 1.29 is 13.9 Å². The Morgan fingerprint density at radius 3 is 2.67 bits per heavy atom. The lowest BCUT2D eigenvalue weighted by molar-refractivity contribution is -0.122. The Labute approximate surface area is 285 Å². The molecule has 3 aliphatic heterocycles. The van der Waals surface area contributed by atoms with Crippen LogP contribution in [-0.4, -0.2) is 72.4 Å². The minimum Gasteiger partial charge on any atom is -0.461 e. The van der Waals surface area contributed by atoms with Gasteiger partial charge in [0.25, 0.3) is 0 Å². The van der Waals surface area contributed by atoms with E-state index in [2.05, 4.69) is 64.3 Å².